The zero-order valence-electron chi connectivity index (χ0n) is 16.8. The minimum Gasteiger partial charge on any atom is -0.485 e. The van der Waals surface area contributed by atoms with Gasteiger partial charge < -0.3 is 19.5 Å². The third-order valence-electron chi connectivity index (χ3n) is 4.57. The molecule has 0 aromatic heterocycles. The highest BCUT2D eigenvalue weighted by Gasteiger charge is 2.27. The Bertz CT molecular complexity index is 1190. The highest BCUT2D eigenvalue weighted by molar-refractivity contribution is 5.95. The van der Waals surface area contributed by atoms with E-state index < -0.39 is 12.1 Å². The largest absolute Gasteiger partial charge is 0.485 e. The number of amides is 1. The van der Waals surface area contributed by atoms with Gasteiger partial charge in [-0.1, -0.05) is 36.1 Å². The molecule has 1 unspecified atom stereocenters. The van der Waals surface area contributed by atoms with Crippen molar-refractivity contribution in [2.45, 2.75) is 6.10 Å². The number of hydrogen-bond donors (Lipinski definition) is 1. The molecule has 0 bridgehead atoms. The van der Waals surface area contributed by atoms with Crippen molar-refractivity contribution in [3.8, 4) is 23.3 Å². The molecule has 0 radical (unpaired) electrons. The quantitative estimate of drug-likeness (QED) is 0.524. The number of nitrogens with one attached hydrogen (secondary N) is 1. The molecule has 1 heterocycles. The highest BCUT2D eigenvalue weighted by atomic mass is 16.6. The SMILES string of the molecule is COC(=O)c1cccc(C#Cc2cccc(NC(=O)C3COc4ccccc4O3)c2)c1. The van der Waals surface area contributed by atoms with Crippen LogP contribution < -0.4 is 14.8 Å². The highest BCUT2D eigenvalue weighted by Crippen LogP contribution is 2.31. The van der Waals surface area contributed by atoms with E-state index in [0.717, 1.165) is 0 Å². The fourth-order valence-electron chi connectivity index (χ4n) is 3.03. The van der Waals surface area contributed by atoms with Gasteiger partial charge in [-0.25, -0.2) is 4.79 Å². The van der Waals surface area contributed by atoms with E-state index in [2.05, 4.69) is 17.2 Å². The van der Waals surface area contributed by atoms with Gasteiger partial charge >= 0.3 is 5.97 Å². The van der Waals surface area contributed by atoms with Gasteiger partial charge in [-0.15, -0.1) is 0 Å². The smallest absolute Gasteiger partial charge is 0.337 e. The Hall–Kier alpha value is -4.24. The number of ether oxygens (including phenoxy) is 3. The Kier molecular flexibility index (Phi) is 5.86. The third kappa shape index (κ3) is 4.85. The van der Waals surface area contributed by atoms with Gasteiger partial charge in [0.05, 0.1) is 12.7 Å². The Morgan fingerprint density at radius 2 is 1.65 bits per heavy atom. The number of hydrogen-bond acceptors (Lipinski definition) is 5. The average molecular weight is 413 g/mol. The molecule has 6 heteroatoms. The van der Waals surface area contributed by atoms with Crippen LogP contribution in [0.25, 0.3) is 0 Å². The number of para-hydroxylation sites is 2. The predicted octanol–water partition coefficient (Wildman–Crippen LogP) is 3.65. The lowest BCUT2D eigenvalue weighted by molar-refractivity contribution is -0.125. The molecule has 4 rings (SSSR count). The van der Waals surface area contributed by atoms with Crippen LogP contribution in [0.2, 0.25) is 0 Å². The van der Waals surface area contributed by atoms with Crippen LogP contribution in [0, 0.1) is 11.8 Å². The van der Waals surface area contributed by atoms with Gasteiger partial charge in [-0.05, 0) is 48.5 Å². The Morgan fingerprint density at radius 3 is 2.42 bits per heavy atom. The molecule has 1 N–H and O–H groups in total. The summed E-state index contributed by atoms with van der Waals surface area (Å²) in [5.74, 6) is 6.52. The normalized spacial score (nSPS) is 14.0. The van der Waals surface area contributed by atoms with E-state index in [-0.39, 0.29) is 12.5 Å². The summed E-state index contributed by atoms with van der Waals surface area (Å²) in [6.45, 7) is 0.138. The average Bonchev–Trinajstić information content (AvgIpc) is 2.82. The van der Waals surface area contributed by atoms with Gasteiger partial charge in [-0.3, -0.25) is 4.79 Å². The summed E-state index contributed by atoms with van der Waals surface area (Å²) in [6.07, 6.45) is -0.745. The first-order valence-electron chi connectivity index (χ1n) is 9.62. The number of esters is 1. The Morgan fingerprint density at radius 1 is 0.935 bits per heavy atom. The maximum atomic E-state index is 12.6. The van der Waals surface area contributed by atoms with Crippen molar-refractivity contribution in [3.05, 3.63) is 89.5 Å². The van der Waals surface area contributed by atoms with Crippen LogP contribution in [0.5, 0.6) is 11.5 Å². The fraction of sp³-hybridized carbons (Fsp3) is 0.120. The van der Waals surface area contributed by atoms with Crippen LogP contribution in [0.3, 0.4) is 0 Å². The van der Waals surface area contributed by atoms with Crippen molar-refractivity contribution in [1.29, 1.82) is 0 Å². The summed E-state index contributed by atoms with van der Waals surface area (Å²) in [6, 6.07) is 21.3. The van der Waals surface area contributed by atoms with Crippen LogP contribution in [0.1, 0.15) is 21.5 Å². The first-order valence-corrected chi connectivity index (χ1v) is 9.62. The lowest BCUT2D eigenvalue weighted by atomic mass is 10.1. The second kappa shape index (κ2) is 9.06. The molecular formula is C25H19NO5. The molecule has 1 aliphatic heterocycles. The number of rotatable bonds is 3. The van der Waals surface area contributed by atoms with Crippen molar-refractivity contribution < 1.29 is 23.8 Å². The lowest BCUT2D eigenvalue weighted by Crippen LogP contribution is -2.40. The maximum absolute atomic E-state index is 12.6. The Labute approximate surface area is 179 Å². The number of carbonyl (C=O) groups is 2. The van der Waals surface area contributed by atoms with Crippen LogP contribution >= 0.6 is 0 Å². The molecule has 1 amide bonds. The molecule has 154 valence electrons. The molecule has 31 heavy (non-hydrogen) atoms. The van der Waals surface area contributed by atoms with E-state index in [1.54, 1.807) is 48.5 Å². The lowest BCUT2D eigenvalue weighted by Gasteiger charge is -2.25. The van der Waals surface area contributed by atoms with Crippen molar-refractivity contribution >= 4 is 17.6 Å². The Balaban J connectivity index is 1.44. The van der Waals surface area contributed by atoms with Crippen LogP contribution in [0.15, 0.2) is 72.8 Å². The summed E-state index contributed by atoms with van der Waals surface area (Å²) in [5.41, 5.74) is 2.44. The molecule has 0 fully saturated rings. The van der Waals surface area contributed by atoms with Gasteiger partial charge in [0.15, 0.2) is 11.5 Å². The second-order valence-corrected chi connectivity index (χ2v) is 6.76. The molecule has 3 aromatic carbocycles. The molecule has 1 aliphatic rings. The van der Waals surface area contributed by atoms with E-state index in [0.29, 0.717) is 33.9 Å². The molecule has 6 nitrogen and oxygen atoms in total. The number of carbonyl (C=O) groups excluding carboxylic acids is 2. The van der Waals surface area contributed by atoms with Gasteiger partial charge in [-0.2, -0.15) is 0 Å². The van der Waals surface area contributed by atoms with E-state index in [4.69, 9.17) is 14.2 Å². The fourth-order valence-corrected chi connectivity index (χ4v) is 3.03. The summed E-state index contributed by atoms with van der Waals surface area (Å²) >= 11 is 0. The predicted molar refractivity (Wildman–Crippen MR) is 115 cm³/mol. The van der Waals surface area contributed by atoms with Crippen LogP contribution in [-0.2, 0) is 9.53 Å². The molecular weight excluding hydrogens is 394 g/mol. The summed E-state index contributed by atoms with van der Waals surface area (Å²) in [5, 5.41) is 2.84. The van der Waals surface area contributed by atoms with Crippen molar-refractivity contribution in [2.24, 2.45) is 0 Å². The van der Waals surface area contributed by atoms with Gasteiger partial charge in [0.2, 0.25) is 6.10 Å². The third-order valence-corrected chi connectivity index (χ3v) is 4.57. The number of benzene rings is 3. The molecule has 0 spiro atoms. The molecule has 3 aromatic rings. The van der Waals surface area contributed by atoms with E-state index in [1.165, 1.54) is 7.11 Å². The van der Waals surface area contributed by atoms with E-state index in [1.807, 2.05) is 24.3 Å². The first kappa shape index (κ1) is 20.0. The summed E-state index contributed by atoms with van der Waals surface area (Å²) in [7, 11) is 1.34. The van der Waals surface area contributed by atoms with Crippen LogP contribution in [-0.4, -0.2) is 31.7 Å². The van der Waals surface area contributed by atoms with E-state index >= 15 is 0 Å². The summed E-state index contributed by atoms with van der Waals surface area (Å²) in [4.78, 5) is 24.3. The minimum absolute atomic E-state index is 0.138. The first-order chi connectivity index (χ1) is 15.1. The number of anilines is 1. The van der Waals surface area contributed by atoms with Gasteiger partial charge in [0, 0.05) is 16.8 Å². The molecule has 1 atom stereocenters. The van der Waals surface area contributed by atoms with Crippen molar-refractivity contribution in [2.75, 3.05) is 19.0 Å². The summed E-state index contributed by atoms with van der Waals surface area (Å²) < 4.78 is 16.1. The topological polar surface area (TPSA) is 73.9 Å². The van der Waals surface area contributed by atoms with Crippen molar-refractivity contribution in [1.82, 2.24) is 0 Å². The second-order valence-electron chi connectivity index (χ2n) is 6.76. The molecule has 0 saturated heterocycles. The zero-order chi connectivity index (χ0) is 21.6. The monoisotopic (exact) mass is 413 g/mol. The van der Waals surface area contributed by atoms with Crippen LogP contribution in [0.4, 0.5) is 5.69 Å². The molecule has 0 saturated carbocycles. The minimum atomic E-state index is -0.745. The standard InChI is InChI=1S/C25H19NO5/c1-29-25(28)19-8-4-6-17(14-19)12-13-18-7-5-9-20(15-18)26-24(27)23-16-30-21-10-2-3-11-22(21)31-23/h2-11,14-15,23H,16H2,1H3,(H,26,27). The number of methoxy groups -OCH3 is 1. The number of fused-ring (bicyclic) bond motifs is 1. The maximum Gasteiger partial charge on any atom is 0.337 e. The van der Waals surface area contributed by atoms with E-state index in [9.17, 15) is 9.59 Å². The molecule has 0 aliphatic carbocycles. The van der Waals surface area contributed by atoms with Gasteiger partial charge in [0.25, 0.3) is 5.91 Å². The zero-order valence-corrected chi connectivity index (χ0v) is 16.8. The van der Waals surface area contributed by atoms with Gasteiger partial charge in [0.1, 0.15) is 6.61 Å². The van der Waals surface area contributed by atoms with Crippen molar-refractivity contribution in [3.63, 3.8) is 0 Å².